The third-order valence-electron chi connectivity index (χ3n) is 3.44. The van der Waals surface area contributed by atoms with E-state index in [1.165, 1.54) is 0 Å². The first-order valence-electron chi connectivity index (χ1n) is 4.05. The van der Waals surface area contributed by atoms with Gasteiger partial charge in [0.1, 0.15) is 6.29 Å². The minimum absolute atomic E-state index is 0.167. The van der Waals surface area contributed by atoms with Gasteiger partial charge in [0, 0.05) is 6.54 Å². The number of hydrogen-bond acceptors (Lipinski definition) is 2. The largest absolute Gasteiger partial charge is 0.302 e. The second-order valence-corrected chi connectivity index (χ2v) is 4.94. The maximum Gasteiger partial charge on any atom is 0.137 e. The molecule has 62 valence electrons. The Morgan fingerprint density at radius 3 is 2.64 bits per heavy atom. The molecule has 1 aliphatic heterocycles. The number of carbonyl (C=O) groups is 1. The van der Waals surface area contributed by atoms with Crippen LogP contribution >= 0.6 is 9.39 Å². The first kappa shape index (κ1) is 7.70. The number of fused-ring (bicyclic) bond motifs is 1. The zero-order valence-corrected chi connectivity index (χ0v) is 8.10. The lowest BCUT2D eigenvalue weighted by Crippen LogP contribution is -2.29. The van der Waals surface area contributed by atoms with Crippen molar-refractivity contribution in [2.24, 2.45) is 17.3 Å². The van der Waals surface area contributed by atoms with Gasteiger partial charge < -0.3 is 4.79 Å². The van der Waals surface area contributed by atoms with E-state index in [0.29, 0.717) is 11.3 Å². The van der Waals surface area contributed by atoms with Gasteiger partial charge in [-0.3, -0.25) is 4.67 Å². The van der Waals surface area contributed by atoms with Gasteiger partial charge in [0.05, 0.1) is 6.04 Å². The molecule has 0 aromatic rings. The van der Waals surface area contributed by atoms with Crippen molar-refractivity contribution in [1.29, 1.82) is 0 Å². The Morgan fingerprint density at radius 2 is 2.27 bits per heavy atom. The fourth-order valence-electron chi connectivity index (χ4n) is 2.53. The molecular formula is C8H14NOP. The number of nitrogens with zero attached hydrogens (tertiary/aromatic N) is 1. The molecule has 0 bridgehead atoms. The van der Waals surface area contributed by atoms with Gasteiger partial charge in [-0.25, -0.2) is 0 Å². The normalized spacial score (nSPS) is 47.0. The third kappa shape index (κ3) is 0.830. The minimum Gasteiger partial charge on any atom is -0.302 e. The number of carbonyl (C=O) groups excluding carboxylic acids is 1. The smallest absolute Gasteiger partial charge is 0.137 e. The molecule has 2 rings (SSSR count). The summed E-state index contributed by atoms with van der Waals surface area (Å²) in [6, 6.07) is 0.167. The molecule has 2 aliphatic rings. The molecule has 2 nitrogen and oxygen atoms in total. The Morgan fingerprint density at radius 1 is 1.64 bits per heavy atom. The average Bonchev–Trinajstić information content (AvgIpc) is 2.38. The highest BCUT2D eigenvalue weighted by Crippen LogP contribution is 2.64. The molecule has 0 spiro atoms. The van der Waals surface area contributed by atoms with Gasteiger partial charge in [-0.15, -0.1) is 0 Å². The predicted molar refractivity (Wildman–Crippen MR) is 47.0 cm³/mol. The van der Waals surface area contributed by atoms with Crippen molar-refractivity contribution in [3.8, 4) is 0 Å². The highest BCUT2D eigenvalue weighted by molar-refractivity contribution is 7.13. The monoisotopic (exact) mass is 171 g/mol. The second-order valence-electron chi connectivity index (χ2n) is 4.28. The lowest BCUT2D eigenvalue weighted by atomic mass is 10.0. The zero-order chi connectivity index (χ0) is 8.22. The SMILES string of the molecule is CC1(C)C2CN(P)[C@H](C=O)C21. The topological polar surface area (TPSA) is 20.3 Å². The molecule has 3 unspecified atom stereocenters. The maximum atomic E-state index is 10.7. The van der Waals surface area contributed by atoms with Crippen molar-refractivity contribution in [1.82, 2.24) is 4.67 Å². The van der Waals surface area contributed by atoms with Gasteiger partial charge in [-0.2, -0.15) is 0 Å². The lowest BCUT2D eigenvalue weighted by molar-refractivity contribution is -0.111. The van der Waals surface area contributed by atoms with E-state index in [-0.39, 0.29) is 6.04 Å². The first-order chi connectivity index (χ1) is 5.09. The van der Waals surface area contributed by atoms with Crippen LogP contribution in [0.2, 0.25) is 0 Å². The number of piperidine rings is 1. The van der Waals surface area contributed by atoms with Gasteiger partial charge in [0.15, 0.2) is 0 Å². The molecule has 11 heavy (non-hydrogen) atoms. The molecule has 1 saturated carbocycles. The summed E-state index contributed by atoms with van der Waals surface area (Å²) in [7, 11) is 2.64. The van der Waals surface area contributed by atoms with Gasteiger partial charge in [-0.1, -0.05) is 23.2 Å². The molecule has 3 heteroatoms. The molecule has 0 aromatic carbocycles. The minimum atomic E-state index is 0.167. The molecule has 0 N–H and O–H groups in total. The summed E-state index contributed by atoms with van der Waals surface area (Å²) in [5.74, 6) is 1.38. The van der Waals surface area contributed by atoms with Crippen molar-refractivity contribution < 1.29 is 4.79 Å². The van der Waals surface area contributed by atoms with Crippen LogP contribution in [0.5, 0.6) is 0 Å². The van der Waals surface area contributed by atoms with E-state index < -0.39 is 0 Å². The third-order valence-corrected chi connectivity index (χ3v) is 3.99. The fourth-order valence-corrected chi connectivity index (χ4v) is 3.01. The molecule has 4 atom stereocenters. The van der Waals surface area contributed by atoms with Crippen molar-refractivity contribution >= 4 is 15.7 Å². The van der Waals surface area contributed by atoms with Gasteiger partial charge >= 0.3 is 0 Å². The highest BCUT2D eigenvalue weighted by atomic mass is 31.0. The van der Waals surface area contributed by atoms with Crippen LogP contribution in [-0.2, 0) is 4.79 Å². The Kier molecular flexibility index (Phi) is 1.44. The van der Waals surface area contributed by atoms with Crippen LogP contribution < -0.4 is 0 Å². The highest BCUT2D eigenvalue weighted by Gasteiger charge is 2.65. The summed E-state index contributed by atoms with van der Waals surface area (Å²) < 4.78 is 2.09. The van der Waals surface area contributed by atoms with E-state index in [0.717, 1.165) is 18.7 Å². The Balaban J connectivity index is 2.16. The van der Waals surface area contributed by atoms with Crippen molar-refractivity contribution in [2.75, 3.05) is 6.54 Å². The Hall–Kier alpha value is 0.0600. The van der Waals surface area contributed by atoms with Crippen molar-refractivity contribution in [3.05, 3.63) is 0 Å². The molecule has 2 fully saturated rings. The predicted octanol–water partition coefficient (Wildman–Crippen LogP) is 0.932. The van der Waals surface area contributed by atoms with E-state index >= 15 is 0 Å². The Labute approximate surface area is 69.6 Å². The molecule has 0 aromatic heterocycles. The van der Waals surface area contributed by atoms with Crippen LogP contribution in [0.15, 0.2) is 0 Å². The van der Waals surface area contributed by atoms with Crippen LogP contribution in [0.25, 0.3) is 0 Å². The molecule has 1 heterocycles. The average molecular weight is 171 g/mol. The van der Waals surface area contributed by atoms with E-state index in [4.69, 9.17) is 0 Å². The summed E-state index contributed by atoms with van der Waals surface area (Å²) in [6.07, 6.45) is 1.09. The van der Waals surface area contributed by atoms with E-state index in [2.05, 4.69) is 27.9 Å². The lowest BCUT2D eigenvalue weighted by Gasteiger charge is -2.21. The van der Waals surface area contributed by atoms with Crippen LogP contribution in [0, 0.1) is 17.3 Å². The van der Waals surface area contributed by atoms with Gasteiger partial charge in [0.25, 0.3) is 0 Å². The van der Waals surface area contributed by atoms with E-state index in [1.54, 1.807) is 0 Å². The fraction of sp³-hybridized carbons (Fsp3) is 0.875. The molecule has 1 aliphatic carbocycles. The summed E-state index contributed by atoms with van der Waals surface area (Å²) in [4.78, 5) is 10.7. The van der Waals surface area contributed by atoms with Crippen LogP contribution in [0.1, 0.15) is 13.8 Å². The zero-order valence-electron chi connectivity index (χ0n) is 6.95. The van der Waals surface area contributed by atoms with Crippen LogP contribution in [0.4, 0.5) is 0 Å². The van der Waals surface area contributed by atoms with E-state index in [9.17, 15) is 4.79 Å². The Bertz CT molecular complexity index is 204. The molecule has 1 saturated heterocycles. The number of aldehydes is 1. The van der Waals surface area contributed by atoms with Crippen molar-refractivity contribution in [2.45, 2.75) is 19.9 Å². The quantitative estimate of drug-likeness (QED) is 0.432. The second kappa shape index (κ2) is 2.05. The van der Waals surface area contributed by atoms with E-state index in [1.807, 2.05) is 0 Å². The first-order valence-corrected chi connectivity index (χ1v) is 4.57. The number of hydrogen-bond donors (Lipinski definition) is 0. The maximum absolute atomic E-state index is 10.7. The summed E-state index contributed by atoms with van der Waals surface area (Å²) in [5, 5.41) is 0. The number of rotatable bonds is 1. The summed E-state index contributed by atoms with van der Waals surface area (Å²) in [6.45, 7) is 5.60. The molecule has 0 amide bonds. The van der Waals surface area contributed by atoms with Crippen LogP contribution in [-0.4, -0.2) is 23.5 Å². The summed E-state index contributed by atoms with van der Waals surface area (Å²) >= 11 is 0. The van der Waals surface area contributed by atoms with Gasteiger partial charge in [0.2, 0.25) is 0 Å². The summed E-state index contributed by atoms with van der Waals surface area (Å²) in [5.41, 5.74) is 0.429. The van der Waals surface area contributed by atoms with Crippen molar-refractivity contribution in [3.63, 3.8) is 0 Å². The van der Waals surface area contributed by atoms with Crippen LogP contribution in [0.3, 0.4) is 0 Å². The standard InChI is InChI=1S/C8H14NOP/c1-8(2)5-3-9(11)6(4-10)7(5)8/h4-7H,3,11H2,1-2H3/t5?,6-,7?/m1/s1. The molecule has 0 radical (unpaired) electrons. The van der Waals surface area contributed by atoms with Gasteiger partial charge in [-0.05, 0) is 17.3 Å². The molecular weight excluding hydrogens is 157 g/mol.